The van der Waals surface area contributed by atoms with E-state index in [-0.39, 0.29) is 12.5 Å². The Morgan fingerprint density at radius 1 is 1.00 bits per heavy atom. The van der Waals surface area contributed by atoms with Crippen LogP contribution in [0.4, 0.5) is 17.3 Å². The molecule has 0 spiro atoms. The van der Waals surface area contributed by atoms with Crippen molar-refractivity contribution in [2.75, 3.05) is 10.6 Å². The largest absolute Gasteiger partial charge is 0.338 e. The fraction of sp³-hybridized carbons (Fsp3) is 0.0769. The number of hydrogen-bond acceptors (Lipinski definition) is 8. The lowest BCUT2D eigenvalue weighted by Gasteiger charge is -2.12. The van der Waals surface area contributed by atoms with E-state index in [9.17, 15) is 14.4 Å². The van der Waals surface area contributed by atoms with Crippen LogP contribution in [0.15, 0.2) is 88.8 Å². The van der Waals surface area contributed by atoms with Crippen molar-refractivity contribution in [1.82, 2.24) is 23.9 Å². The first-order chi connectivity index (χ1) is 17.9. The second-order valence-electron chi connectivity index (χ2n) is 8.15. The van der Waals surface area contributed by atoms with Gasteiger partial charge in [-0.15, -0.1) is 0 Å². The van der Waals surface area contributed by atoms with Crippen molar-refractivity contribution < 1.29 is 4.79 Å². The van der Waals surface area contributed by atoms with Crippen molar-refractivity contribution in [3.63, 3.8) is 0 Å². The van der Waals surface area contributed by atoms with Crippen molar-refractivity contribution in [2.45, 2.75) is 13.5 Å². The molecule has 0 saturated carbocycles. The summed E-state index contributed by atoms with van der Waals surface area (Å²) in [6, 6.07) is 18.0. The number of benzene rings is 2. The number of carbonyl (C=O) groups excluding carboxylic acids is 1. The summed E-state index contributed by atoms with van der Waals surface area (Å²) in [5, 5.41) is 6.14. The number of nitrogens with one attached hydrogen (secondary N) is 3. The van der Waals surface area contributed by atoms with E-state index in [1.165, 1.54) is 3.96 Å². The number of aryl methyl sites for hydroxylation is 1. The molecule has 5 aromatic rings. The van der Waals surface area contributed by atoms with Gasteiger partial charge in [0.15, 0.2) is 0 Å². The van der Waals surface area contributed by atoms with Gasteiger partial charge in [-0.05, 0) is 60.5 Å². The third-order valence-corrected chi connectivity index (χ3v) is 6.33. The van der Waals surface area contributed by atoms with Gasteiger partial charge in [-0.3, -0.25) is 19.6 Å². The molecule has 0 atom stereocenters. The van der Waals surface area contributed by atoms with E-state index in [0.717, 1.165) is 39.6 Å². The molecular formula is C26H21N7O3S. The number of rotatable bonds is 7. The smallest absolute Gasteiger partial charge is 0.324 e. The molecule has 0 unspecified atom stereocenters. The Kier molecular flexibility index (Phi) is 6.68. The highest BCUT2D eigenvalue weighted by Crippen LogP contribution is 2.24. The molecule has 3 heterocycles. The normalized spacial score (nSPS) is 10.7. The van der Waals surface area contributed by atoms with Crippen LogP contribution < -0.4 is 21.2 Å². The highest BCUT2D eigenvalue weighted by atomic mass is 32.1. The Balaban J connectivity index is 1.28. The van der Waals surface area contributed by atoms with E-state index in [1.54, 1.807) is 42.9 Å². The second-order valence-corrected chi connectivity index (χ2v) is 9.15. The number of nitrogens with zero attached hydrogens (tertiary/aromatic N) is 4. The highest BCUT2D eigenvalue weighted by Gasteiger charge is 2.10. The average molecular weight is 512 g/mol. The first-order valence-electron chi connectivity index (χ1n) is 11.3. The van der Waals surface area contributed by atoms with E-state index in [1.807, 2.05) is 43.3 Å². The number of aromatic nitrogens is 5. The van der Waals surface area contributed by atoms with Crippen LogP contribution in [0.1, 0.15) is 21.5 Å². The number of aromatic amines is 1. The Morgan fingerprint density at radius 2 is 1.78 bits per heavy atom. The second kappa shape index (κ2) is 10.4. The molecule has 0 aliphatic carbocycles. The predicted octanol–water partition coefficient (Wildman–Crippen LogP) is 3.80. The van der Waals surface area contributed by atoms with Crippen molar-refractivity contribution in [2.24, 2.45) is 0 Å². The molecule has 1 amide bonds. The lowest BCUT2D eigenvalue weighted by atomic mass is 10.1. The summed E-state index contributed by atoms with van der Waals surface area (Å²) in [6.07, 6.45) is 5.10. The number of H-pyrrole nitrogens is 1. The van der Waals surface area contributed by atoms with E-state index in [4.69, 9.17) is 0 Å². The molecular weight excluding hydrogens is 490 g/mol. The average Bonchev–Trinajstić information content (AvgIpc) is 3.23. The Hall–Kier alpha value is -4.90. The molecule has 0 aliphatic rings. The Morgan fingerprint density at radius 3 is 2.51 bits per heavy atom. The van der Waals surface area contributed by atoms with Gasteiger partial charge >= 0.3 is 10.6 Å². The van der Waals surface area contributed by atoms with Gasteiger partial charge < -0.3 is 10.6 Å². The van der Waals surface area contributed by atoms with Crippen LogP contribution in [0.25, 0.3) is 11.3 Å². The molecule has 0 saturated heterocycles. The van der Waals surface area contributed by atoms with Gasteiger partial charge in [0, 0.05) is 52.6 Å². The minimum atomic E-state index is -0.449. The summed E-state index contributed by atoms with van der Waals surface area (Å²) in [5.74, 6) is 0.156. The number of carbonyl (C=O) groups is 1. The van der Waals surface area contributed by atoms with Gasteiger partial charge in [-0.25, -0.2) is 18.7 Å². The maximum Gasteiger partial charge on any atom is 0.338 e. The standard InChI is InChI=1S/C26H21N7O3S/c1-16-2-7-20(14-22(16)31-24-28-13-10-21(30-24)18-8-11-27-12-9-18)29-23(34)19-5-3-17(4-6-19)15-33-25(35)32-26(36)37-33/h2-14H,15H2,1H3,(H,29,34)(H,28,30,31)(H,32,35,36). The van der Waals surface area contributed by atoms with Gasteiger partial charge in [-0.1, -0.05) is 18.2 Å². The molecule has 37 heavy (non-hydrogen) atoms. The molecule has 2 aromatic carbocycles. The van der Waals surface area contributed by atoms with Crippen molar-refractivity contribution in [1.29, 1.82) is 0 Å². The van der Waals surface area contributed by atoms with Gasteiger partial charge in [0.1, 0.15) is 0 Å². The molecule has 0 bridgehead atoms. The van der Waals surface area contributed by atoms with Crippen LogP contribution in [0.3, 0.4) is 0 Å². The van der Waals surface area contributed by atoms with Crippen LogP contribution in [-0.2, 0) is 6.54 Å². The van der Waals surface area contributed by atoms with Crippen LogP contribution in [-0.4, -0.2) is 29.8 Å². The molecule has 10 nitrogen and oxygen atoms in total. The SMILES string of the molecule is Cc1ccc(NC(=O)c2ccc(Cn3sc(=O)[nH]c3=O)cc2)cc1Nc1nccc(-c2ccncc2)n1. The predicted molar refractivity (Wildman–Crippen MR) is 142 cm³/mol. The first-order valence-corrected chi connectivity index (χ1v) is 12.0. The van der Waals surface area contributed by atoms with Gasteiger partial charge in [-0.2, -0.15) is 0 Å². The third kappa shape index (κ3) is 5.68. The summed E-state index contributed by atoms with van der Waals surface area (Å²) >= 11 is 0.820. The van der Waals surface area contributed by atoms with Crippen LogP contribution in [0.2, 0.25) is 0 Å². The number of hydrogen-bond donors (Lipinski definition) is 3. The van der Waals surface area contributed by atoms with Gasteiger partial charge in [0.05, 0.1) is 12.2 Å². The minimum Gasteiger partial charge on any atom is -0.324 e. The highest BCUT2D eigenvalue weighted by molar-refractivity contribution is 7.03. The van der Waals surface area contributed by atoms with Crippen LogP contribution in [0.5, 0.6) is 0 Å². The maximum atomic E-state index is 12.8. The zero-order chi connectivity index (χ0) is 25.8. The van der Waals surface area contributed by atoms with Crippen molar-refractivity contribution in [3.8, 4) is 11.3 Å². The van der Waals surface area contributed by atoms with E-state index in [2.05, 4.69) is 30.6 Å². The number of pyridine rings is 1. The summed E-state index contributed by atoms with van der Waals surface area (Å²) in [4.78, 5) is 50.6. The summed E-state index contributed by atoms with van der Waals surface area (Å²) in [5.41, 5.74) is 4.83. The van der Waals surface area contributed by atoms with E-state index < -0.39 is 10.6 Å². The number of anilines is 3. The lowest BCUT2D eigenvalue weighted by Crippen LogP contribution is -2.17. The monoisotopic (exact) mass is 511 g/mol. The van der Waals surface area contributed by atoms with Gasteiger partial charge in [0.25, 0.3) is 5.91 Å². The Labute approximate surface area is 214 Å². The molecule has 3 N–H and O–H groups in total. The molecule has 0 fully saturated rings. The maximum absolute atomic E-state index is 12.8. The van der Waals surface area contributed by atoms with Crippen LogP contribution >= 0.6 is 11.5 Å². The fourth-order valence-electron chi connectivity index (χ4n) is 3.61. The summed E-state index contributed by atoms with van der Waals surface area (Å²) in [7, 11) is 0. The van der Waals surface area contributed by atoms with E-state index in [0.29, 0.717) is 17.2 Å². The van der Waals surface area contributed by atoms with Crippen molar-refractivity contribution >= 4 is 34.8 Å². The minimum absolute atomic E-state index is 0.252. The molecule has 184 valence electrons. The zero-order valence-corrected chi connectivity index (χ0v) is 20.5. The first kappa shape index (κ1) is 23.8. The third-order valence-electron chi connectivity index (χ3n) is 5.54. The van der Waals surface area contributed by atoms with Crippen molar-refractivity contribution in [3.05, 3.63) is 116 Å². The Bertz CT molecular complexity index is 1680. The lowest BCUT2D eigenvalue weighted by molar-refractivity contribution is 0.102. The van der Waals surface area contributed by atoms with Crippen LogP contribution in [0, 0.1) is 6.92 Å². The van der Waals surface area contributed by atoms with Gasteiger partial charge in [0.2, 0.25) is 5.95 Å². The fourth-order valence-corrected chi connectivity index (χ4v) is 4.28. The van der Waals surface area contributed by atoms with E-state index >= 15 is 0 Å². The molecule has 11 heteroatoms. The molecule has 0 radical (unpaired) electrons. The summed E-state index contributed by atoms with van der Waals surface area (Å²) in [6.45, 7) is 2.20. The summed E-state index contributed by atoms with van der Waals surface area (Å²) < 4.78 is 1.33. The molecule has 0 aliphatic heterocycles. The molecule has 3 aromatic heterocycles. The topological polar surface area (TPSA) is 135 Å². The molecule has 5 rings (SSSR count). The quantitative estimate of drug-likeness (QED) is 0.302. The zero-order valence-electron chi connectivity index (χ0n) is 19.6. The number of amides is 1.